The Morgan fingerprint density at radius 2 is 0.584 bits per heavy atom. The van der Waals surface area contributed by atoms with Gasteiger partial charge in [0.2, 0.25) is 16.6 Å². The normalized spacial score (nSPS) is 14.5. The number of likely N-dealkylation sites (tertiary alicyclic amines) is 3. The molecule has 0 radical (unpaired) electrons. The maximum Gasteiger partial charge on any atom is 0.250 e. The van der Waals surface area contributed by atoms with Crippen LogP contribution in [-0.2, 0) is 0 Å². The average Bonchev–Trinajstić information content (AvgIpc) is 1.62. The molecule has 15 rings (SSSR count). The first kappa shape index (κ1) is 96.8. The van der Waals surface area contributed by atoms with Gasteiger partial charge in [0, 0.05) is 97.9 Å². The molecule has 3 aliphatic rings. The van der Waals surface area contributed by atoms with Crippen molar-refractivity contribution < 1.29 is 57.9 Å². The van der Waals surface area contributed by atoms with Gasteiger partial charge < -0.3 is 43.5 Å². The van der Waals surface area contributed by atoms with Gasteiger partial charge in [-0.1, -0.05) is 94.7 Å². The molecule has 0 unspecified atom stereocenters. The van der Waals surface area contributed by atoms with E-state index in [9.17, 15) is 34.8 Å². The van der Waals surface area contributed by atoms with Gasteiger partial charge in [0.15, 0.2) is 24.7 Å². The number of hydrogen-bond acceptors (Lipinski definition) is 18. The van der Waals surface area contributed by atoms with E-state index in [-0.39, 0.29) is 62.8 Å². The highest BCUT2D eigenvalue weighted by atomic mass is 35.6. The quantitative estimate of drug-likeness (QED) is 0.0240. The first-order valence-electron chi connectivity index (χ1n) is 43.7. The lowest BCUT2D eigenvalue weighted by atomic mass is 9.97. The Hall–Kier alpha value is -8.82. The molecular formula is C102H125Cl2N3O12S3Si3. The van der Waals surface area contributed by atoms with Gasteiger partial charge in [-0.2, -0.15) is 11.1 Å². The maximum atomic E-state index is 14.0. The molecule has 125 heavy (non-hydrogen) atoms. The van der Waals surface area contributed by atoms with Crippen LogP contribution in [0.25, 0.3) is 61.6 Å². The van der Waals surface area contributed by atoms with Crippen LogP contribution in [0.15, 0.2) is 200 Å². The molecule has 664 valence electrons. The molecule has 4 N–H and O–H groups in total. The lowest BCUT2D eigenvalue weighted by molar-refractivity contribution is 0.103. The standard InChI is InChI=1S/2C34H41NO4SSi.C28H27NO4S.C6H15ClSi.ClH/c1-34(2,3)41(4,5)39-28-16-11-25(12-17-28)33-31(29-18-13-26(36)23-30(29)40-33)32(37)24-9-14-27(15-10-24)38-22-21-35-19-7-6-8-20-35;1-34(2,3)41(4,5)39-28-17-18-29-30(23-28)40-33(25-9-13-26(36)14-10-25)31(29)32(37)24-11-15-27(16-12-24)38-22-21-35-19-7-6-8-20-35;30-21-8-4-20(5-9-21)28-26(24-13-10-22(31)18-25(24)34-28)27(32)19-6-11-23(12-7-19)33-17-16-29-14-2-1-3-15-29;1-6(2,3)8(4,5)7;/h2*9-18,23,36H,6-8,19-22H2,1-5H3;4-13,18,30-31H,1-3,14-17H2;1-5H3;1H. The van der Waals surface area contributed by atoms with Crippen molar-refractivity contribution in [2.45, 2.75) is 174 Å². The number of fused-ring (bicyclic) bond motifs is 3. The summed E-state index contributed by atoms with van der Waals surface area (Å²) >= 11 is 10.7. The summed E-state index contributed by atoms with van der Waals surface area (Å²) in [6, 6.07) is 60.6. The summed E-state index contributed by atoms with van der Waals surface area (Å²) in [6.45, 7) is 44.9. The number of halogens is 2. The van der Waals surface area contributed by atoms with Crippen molar-refractivity contribution >= 4 is 129 Å². The van der Waals surface area contributed by atoms with Crippen molar-refractivity contribution in [2.75, 3.05) is 78.7 Å². The van der Waals surface area contributed by atoms with Crippen LogP contribution in [-0.4, -0.2) is 155 Å². The molecule has 3 aromatic heterocycles. The number of carbonyl (C=O) groups excluding carboxylic acids is 3. The van der Waals surface area contributed by atoms with Crippen molar-refractivity contribution in [3.8, 4) is 83.1 Å². The summed E-state index contributed by atoms with van der Waals surface area (Å²) in [5.41, 5.74) is 6.44. The third-order valence-electron chi connectivity index (χ3n) is 24.9. The fourth-order valence-electron chi connectivity index (χ4n) is 14.4. The molecular weight excluding hydrogens is 1710 g/mol. The summed E-state index contributed by atoms with van der Waals surface area (Å²) in [5, 5.41) is 42.7. The Morgan fingerprint density at radius 1 is 0.336 bits per heavy atom. The molecule has 15 nitrogen and oxygen atoms in total. The Bertz CT molecular complexity index is 5570. The Morgan fingerprint density at radius 3 is 0.872 bits per heavy atom. The zero-order valence-corrected chi connectivity index (χ0v) is 82.3. The molecule has 0 atom stereocenters. The van der Waals surface area contributed by atoms with Crippen molar-refractivity contribution in [3.63, 3.8) is 0 Å². The van der Waals surface area contributed by atoms with E-state index >= 15 is 0 Å². The lowest BCUT2D eigenvalue weighted by Crippen LogP contribution is -2.43. The smallest absolute Gasteiger partial charge is 0.250 e. The number of thiophene rings is 3. The molecule has 3 saturated heterocycles. The highest BCUT2D eigenvalue weighted by Crippen LogP contribution is 2.48. The Kier molecular flexibility index (Phi) is 32.8. The third-order valence-corrected chi connectivity index (χ3v) is 42.5. The molecule has 9 aromatic carbocycles. The minimum absolute atomic E-state index is 0. The number of benzene rings is 9. The van der Waals surface area contributed by atoms with E-state index in [0.29, 0.717) is 58.2 Å². The molecule has 3 fully saturated rings. The van der Waals surface area contributed by atoms with Gasteiger partial charge in [-0.25, -0.2) is 0 Å². The van der Waals surface area contributed by atoms with Crippen molar-refractivity contribution in [2.24, 2.45) is 0 Å². The number of carbonyl (C=O) groups is 3. The Balaban J connectivity index is 0.000000174. The SMILES string of the molecule is CC(C)(C)[Si](C)(C)Cl.CC(C)(C)[Si](C)(C)Oc1ccc(-c2sc3cc(O)ccc3c2C(=O)c2ccc(OCCN3CCCCC3)cc2)cc1.CC(C)(C)[Si](C)(C)Oc1ccc2c(C(=O)c3ccc(OCCN4CCCCC4)cc3)c(-c3ccc(O)cc3)sc2c1.Cl.O=C(c1ccc(OCCN2CCCCC2)cc1)c1c(-c2ccc(O)cc2)sc2cc(O)ccc12. The highest BCUT2D eigenvalue weighted by molar-refractivity contribution is 7.24. The van der Waals surface area contributed by atoms with Gasteiger partial charge in [-0.3, -0.25) is 29.1 Å². The molecule has 12 aromatic rings. The van der Waals surface area contributed by atoms with E-state index < -0.39 is 24.0 Å². The zero-order chi connectivity index (χ0) is 88.9. The number of rotatable bonds is 25. The van der Waals surface area contributed by atoms with Crippen LogP contribution in [0.4, 0.5) is 0 Å². The molecule has 0 aliphatic carbocycles. The van der Waals surface area contributed by atoms with E-state index in [2.05, 4.69) is 122 Å². The summed E-state index contributed by atoms with van der Waals surface area (Å²) in [7, 11) is -5.36. The summed E-state index contributed by atoms with van der Waals surface area (Å²) in [4.78, 5) is 51.6. The van der Waals surface area contributed by atoms with Crippen molar-refractivity contribution in [3.05, 3.63) is 234 Å². The van der Waals surface area contributed by atoms with Gasteiger partial charge in [0.25, 0.3) is 0 Å². The highest BCUT2D eigenvalue weighted by Gasteiger charge is 2.41. The van der Waals surface area contributed by atoms with Crippen LogP contribution in [0.3, 0.4) is 0 Å². The van der Waals surface area contributed by atoms with Gasteiger partial charge in [-0.05, 0) is 336 Å². The molecule has 0 amide bonds. The van der Waals surface area contributed by atoms with E-state index in [0.717, 1.165) is 149 Å². The monoisotopic (exact) mass is 1830 g/mol. The topological polar surface area (TPSA) is 188 Å². The fraction of sp³-hybridized carbons (Fsp3) is 0.382. The number of phenolic OH excluding ortho intramolecular Hbond substituents is 4. The summed E-state index contributed by atoms with van der Waals surface area (Å²) < 4.78 is 33.7. The van der Waals surface area contributed by atoms with Gasteiger partial charge in [0.05, 0.1) is 0 Å². The van der Waals surface area contributed by atoms with Crippen LogP contribution in [0, 0.1) is 0 Å². The number of piperidine rings is 3. The number of hydrogen-bond donors (Lipinski definition) is 4. The molecule has 0 bridgehead atoms. The second kappa shape index (κ2) is 42.4. The summed E-state index contributed by atoms with van der Waals surface area (Å²) in [5.74, 6) is 4.56. The van der Waals surface area contributed by atoms with Crippen LogP contribution >= 0.6 is 57.5 Å². The first-order chi connectivity index (χ1) is 58.9. The average molecular weight is 1840 g/mol. The molecule has 23 heteroatoms. The maximum absolute atomic E-state index is 14.0. The van der Waals surface area contributed by atoms with E-state index in [4.69, 9.17) is 34.1 Å². The number of ketones is 3. The number of nitrogens with zero attached hydrogens (tertiary/aromatic N) is 3. The van der Waals surface area contributed by atoms with Crippen LogP contribution < -0.4 is 23.1 Å². The third kappa shape index (κ3) is 25.4. The largest absolute Gasteiger partial charge is 0.544 e. The molecule has 3 aliphatic heterocycles. The van der Waals surface area contributed by atoms with E-state index in [1.54, 1.807) is 78.1 Å². The number of ether oxygens (including phenoxy) is 3. The number of aromatic hydroxyl groups is 4. The van der Waals surface area contributed by atoms with Crippen LogP contribution in [0.1, 0.15) is 168 Å². The van der Waals surface area contributed by atoms with E-state index in [1.807, 2.05) is 127 Å². The Labute approximate surface area is 765 Å². The zero-order valence-electron chi connectivity index (χ0n) is 75.3. The second-order valence-electron chi connectivity index (χ2n) is 37.3. The van der Waals surface area contributed by atoms with Gasteiger partial charge >= 0.3 is 0 Å². The van der Waals surface area contributed by atoms with Gasteiger partial charge in [-0.15, -0.1) is 46.4 Å². The van der Waals surface area contributed by atoms with Crippen LogP contribution in [0.2, 0.25) is 54.4 Å². The molecule has 6 heterocycles. The second-order valence-corrected chi connectivity index (χ2v) is 57.2. The molecule has 0 saturated carbocycles. The predicted molar refractivity (Wildman–Crippen MR) is 531 cm³/mol. The first-order valence-corrected chi connectivity index (χ1v) is 56.0. The number of phenols is 4. The van der Waals surface area contributed by atoms with Crippen LogP contribution in [0.5, 0.6) is 51.7 Å². The van der Waals surface area contributed by atoms with Gasteiger partial charge in [0.1, 0.15) is 71.6 Å². The van der Waals surface area contributed by atoms with Crippen molar-refractivity contribution in [1.29, 1.82) is 0 Å². The minimum atomic E-state index is -2.01. The van der Waals surface area contributed by atoms with E-state index in [1.165, 1.54) is 80.5 Å². The lowest BCUT2D eigenvalue weighted by Gasteiger charge is -2.36. The predicted octanol–water partition coefficient (Wildman–Crippen LogP) is 27.2. The molecule has 0 spiro atoms. The minimum Gasteiger partial charge on any atom is -0.544 e. The summed E-state index contributed by atoms with van der Waals surface area (Å²) in [6.07, 6.45) is 11.6. The van der Waals surface area contributed by atoms with Crippen molar-refractivity contribution in [1.82, 2.24) is 14.7 Å². The fourth-order valence-corrected chi connectivity index (χ4v) is 20.1.